The van der Waals surface area contributed by atoms with Gasteiger partial charge in [-0.2, -0.15) is 0 Å². The van der Waals surface area contributed by atoms with Gasteiger partial charge in [-0.25, -0.2) is 0 Å². The van der Waals surface area contributed by atoms with Crippen molar-refractivity contribution >= 4 is 50.4 Å². The number of nitrogens with two attached hydrogens (primary N) is 1. The van der Waals surface area contributed by atoms with E-state index < -0.39 is 0 Å². The van der Waals surface area contributed by atoms with Crippen LogP contribution in [0.1, 0.15) is 17.3 Å². The van der Waals surface area contributed by atoms with Crippen LogP contribution in [0.5, 0.6) is 0 Å². The number of nitrogen functional groups attached to an aromatic ring is 1. The van der Waals surface area contributed by atoms with Crippen LogP contribution < -0.4 is 11.1 Å². The van der Waals surface area contributed by atoms with Gasteiger partial charge in [0.15, 0.2) is 5.78 Å². The van der Waals surface area contributed by atoms with Gasteiger partial charge >= 0.3 is 0 Å². The lowest BCUT2D eigenvalue weighted by atomic mass is 10.1. The molecule has 0 radical (unpaired) electrons. The zero-order chi connectivity index (χ0) is 14.0. The first-order valence-corrected chi connectivity index (χ1v) is 6.77. The number of anilines is 3. The number of carbonyl (C=O) groups excluding carboxylic acids is 1. The summed E-state index contributed by atoms with van der Waals surface area (Å²) < 4.78 is 0.835. The van der Waals surface area contributed by atoms with E-state index in [4.69, 9.17) is 17.3 Å². The van der Waals surface area contributed by atoms with Crippen molar-refractivity contribution in [3.63, 3.8) is 0 Å². The molecule has 0 bridgehead atoms. The van der Waals surface area contributed by atoms with E-state index in [1.165, 1.54) is 6.92 Å². The van der Waals surface area contributed by atoms with Crippen molar-refractivity contribution in [2.45, 2.75) is 6.92 Å². The van der Waals surface area contributed by atoms with Crippen molar-refractivity contribution in [2.24, 2.45) is 0 Å². The van der Waals surface area contributed by atoms with E-state index in [0.29, 0.717) is 16.3 Å². The number of benzene rings is 2. The van der Waals surface area contributed by atoms with Gasteiger partial charge in [0.1, 0.15) is 0 Å². The molecule has 0 atom stereocenters. The van der Waals surface area contributed by atoms with Crippen LogP contribution in [-0.4, -0.2) is 5.78 Å². The SMILES string of the molecule is CC(=O)c1cc(Nc2ccc(Br)c(Cl)c2)ccc1N. The highest BCUT2D eigenvalue weighted by Gasteiger charge is 2.06. The quantitative estimate of drug-likeness (QED) is 0.633. The van der Waals surface area contributed by atoms with Crippen LogP contribution in [0.3, 0.4) is 0 Å². The fourth-order valence-electron chi connectivity index (χ4n) is 1.68. The molecule has 2 rings (SSSR count). The molecule has 0 aromatic heterocycles. The molecule has 0 unspecified atom stereocenters. The van der Waals surface area contributed by atoms with Crippen molar-refractivity contribution < 1.29 is 4.79 Å². The predicted molar refractivity (Wildman–Crippen MR) is 83.3 cm³/mol. The van der Waals surface area contributed by atoms with E-state index in [2.05, 4.69) is 21.2 Å². The van der Waals surface area contributed by atoms with Gasteiger partial charge in [0.25, 0.3) is 0 Å². The number of rotatable bonds is 3. The fourth-order valence-corrected chi connectivity index (χ4v) is 2.11. The molecule has 3 N–H and O–H groups in total. The summed E-state index contributed by atoms with van der Waals surface area (Å²) in [7, 11) is 0. The first-order valence-electron chi connectivity index (χ1n) is 5.60. The average molecular weight is 340 g/mol. The van der Waals surface area contributed by atoms with E-state index >= 15 is 0 Å². The molecular weight excluding hydrogens is 328 g/mol. The molecule has 0 saturated carbocycles. The highest BCUT2D eigenvalue weighted by molar-refractivity contribution is 9.10. The lowest BCUT2D eigenvalue weighted by molar-refractivity contribution is 0.101. The molecule has 2 aromatic rings. The molecule has 98 valence electrons. The Morgan fingerprint density at radius 3 is 2.47 bits per heavy atom. The van der Waals surface area contributed by atoms with Crippen LogP contribution in [0, 0.1) is 0 Å². The molecule has 0 fully saturated rings. The molecule has 3 nitrogen and oxygen atoms in total. The molecule has 0 amide bonds. The van der Waals surface area contributed by atoms with Crippen LogP contribution in [0.4, 0.5) is 17.1 Å². The van der Waals surface area contributed by atoms with Crippen LogP contribution in [0.2, 0.25) is 5.02 Å². The van der Waals surface area contributed by atoms with E-state index in [0.717, 1.165) is 15.8 Å². The zero-order valence-corrected chi connectivity index (χ0v) is 12.5. The van der Waals surface area contributed by atoms with Crippen molar-refractivity contribution in [3.8, 4) is 0 Å². The summed E-state index contributed by atoms with van der Waals surface area (Å²) in [5.74, 6) is -0.0602. The first kappa shape index (κ1) is 13.9. The third-order valence-corrected chi connectivity index (χ3v) is 3.87. The molecule has 19 heavy (non-hydrogen) atoms. The van der Waals surface area contributed by atoms with Crippen molar-refractivity contribution in [3.05, 3.63) is 51.5 Å². The van der Waals surface area contributed by atoms with Crippen LogP contribution in [0.25, 0.3) is 0 Å². The third kappa shape index (κ3) is 3.28. The maximum Gasteiger partial charge on any atom is 0.161 e. The normalized spacial score (nSPS) is 10.3. The first-order chi connectivity index (χ1) is 8.97. The third-order valence-electron chi connectivity index (χ3n) is 2.64. The fraction of sp³-hybridized carbons (Fsp3) is 0.0714. The number of ketones is 1. The molecule has 0 saturated heterocycles. The van der Waals surface area contributed by atoms with Gasteiger partial charge in [0, 0.05) is 27.1 Å². The summed E-state index contributed by atoms with van der Waals surface area (Å²) in [6, 6.07) is 10.8. The van der Waals surface area contributed by atoms with E-state index in [1.807, 2.05) is 18.2 Å². The van der Waals surface area contributed by atoms with Gasteiger partial charge in [0.05, 0.1) is 5.02 Å². The summed E-state index contributed by atoms with van der Waals surface area (Å²) in [5.41, 5.74) is 8.37. The Bertz CT molecular complexity index is 643. The minimum absolute atomic E-state index is 0.0602. The predicted octanol–water partition coefficient (Wildman–Crippen LogP) is 4.63. The van der Waals surface area contributed by atoms with Gasteiger partial charge in [-0.1, -0.05) is 11.6 Å². The molecule has 2 aromatic carbocycles. The Morgan fingerprint density at radius 1 is 1.21 bits per heavy atom. The highest BCUT2D eigenvalue weighted by Crippen LogP contribution is 2.28. The molecule has 0 spiro atoms. The molecule has 0 aliphatic carbocycles. The maximum absolute atomic E-state index is 11.4. The Kier molecular flexibility index (Phi) is 4.12. The van der Waals surface area contributed by atoms with Gasteiger partial charge in [-0.3, -0.25) is 4.79 Å². The van der Waals surface area contributed by atoms with E-state index in [9.17, 15) is 4.79 Å². The van der Waals surface area contributed by atoms with Gasteiger partial charge in [-0.05, 0) is 59.3 Å². The smallest absolute Gasteiger partial charge is 0.161 e. The van der Waals surface area contributed by atoms with Gasteiger partial charge in [0.2, 0.25) is 0 Å². The number of halogens is 2. The van der Waals surface area contributed by atoms with Crippen LogP contribution in [-0.2, 0) is 0 Å². The topological polar surface area (TPSA) is 55.1 Å². The highest BCUT2D eigenvalue weighted by atomic mass is 79.9. The molecular formula is C14H12BrClN2O. The standard InChI is InChI=1S/C14H12BrClN2O/c1-8(19)11-6-9(3-5-14(11)17)18-10-2-4-12(15)13(16)7-10/h2-7,18H,17H2,1H3. The summed E-state index contributed by atoms with van der Waals surface area (Å²) in [5, 5.41) is 3.80. The Labute approximate surface area is 124 Å². The average Bonchev–Trinajstić information content (AvgIpc) is 2.36. The molecule has 0 aliphatic rings. The van der Waals surface area contributed by atoms with E-state index in [1.54, 1.807) is 18.2 Å². The minimum Gasteiger partial charge on any atom is -0.398 e. The minimum atomic E-state index is -0.0602. The maximum atomic E-state index is 11.4. The molecule has 5 heteroatoms. The van der Waals surface area contributed by atoms with Gasteiger partial charge in [-0.15, -0.1) is 0 Å². The number of carbonyl (C=O) groups is 1. The number of Topliss-reactive ketones (excluding diaryl/α,β-unsaturated/α-hetero) is 1. The Balaban J connectivity index is 2.30. The number of hydrogen-bond donors (Lipinski definition) is 2. The van der Waals surface area contributed by atoms with E-state index in [-0.39, 0.29) is 5.78 Å². The number of hydrogen-bond acceptors (Lipinski definition) is 3. The number of nitrogens with one attached hydrogen (secondary N) is 1. The summed E-state index contributed by atoms with van der Waals surface area (Å²) in [4.78, 5) is 11.4. The Morgan fingerprint density at radius 2 is 1.84 bits per heavy atom. The largest absolute Gasteiger partial charge is 0.398 e. The lowest BCUT2D eigenvalue weighted by Crippen LogP contribution is -2.01. The molecule has 0 heterocycles. The second-order valence-corrected chi connectivity index (χ2v) is 5.37. The van der Waals surface area contributed by atoms with Crippen LogP contribution >= 0.6 is 27.5 Å². The Hall–Kier alpha value is -1.52. The van der Waals surface area contributed by atoms with Crippen molar-refractivity contribution in [1.82, 2.24) is 0 Å². The molecule has 0 aliphatic heterocycles. The lowest BCUT2D eigenvalue weighted by Gasteiger charge is -2.10. The second kappa shape index (κ2) is 5.63. The second-order valence-electron chi connectivity index (χ2n) is 4.11. The van der Waals surface area contributed by atoms with Crippen LogP contribution in [0.15, 0.2) is 40.9 Å². The van der Waals surface area contributed by atoms with Gasteiger partial charge < -0.3 is 11.1 Å². The summed E-state index contributed by atoms with van der Waals surface area (Å²) in [6.45, 7) is 1.49. The zero-order valence-electron chi connectivity index (χ0n) is 10.2. The monoisotopic (exact) mass is 338 g/mol. The van der Waals surface area contributed by atoms with Crippen molar-refractivity contribution in [1.29, 1.82) is 0 Å². The summed E-state index contributed by atoms with van der Waals surface area (Å²) in [6.07, 6.45) is 0. The van der Waals surface area contributed by atoms with Crippen molar-refractivity contribution in [2.75, 3.05) is 11.1 Å². The summed E-state index contributed by atoms with van der Waals surface area (Å²) >= 11 is 9.36.